The molecule has 0 aliphatic carbocycles. The molecule has 154 valence electrons. The Labute approximate surface area is 174 Å². The Balaban J connectivity index is 0.00000300. The molecule has 0 bridgehead atoms. The van der Waals surface area contributed by atoms with Crippen LogP contribution in [0.25, 0.3) is 0 Å². The van der Waals surface area contributed by atoms with Gasteiger partial charge in [0.1, 0.15) is 17.1 Å². The summed E-state index contributed by atoms with van der Waals surface area (Å²) in [4.78, 5) is 23.8. The molecule has 2 heterocycles. The van der Waals surface area contributed by atoms with Crippen LogP contribution < -0.4 is 26.8 Å². The Morgan fingerprint density at radius 2 is 2.10 bits per heavy atom. The number of hydrogen-bond donors (Lipinski definition) is 4. The molecule has 1 aromatic carbocycles. The van der Waals surface area contributed by atoms with E-state index < -0.39 is 5.91 Å². The van der Waals surface area contributed by atoms with Gasteiger partial charge in [0, 0.05) is 24.7 Å². The second kappa shape index (κ2) is 9.32. The molecule has 1 aromatic heterocycles. The molecule has 10 heteroatoms. The smallest absolute Gasteiger partial charge is 0.255 e. The number of benzene rings is 1. The number of carbonyl (C=O) groups is 2. The first-order valence-corrected chi connectivity index (χ1v) is 8.76. The van der Waals surface area contributed by atoms with Crippen molar-refractivity contribution >= 4 is 30.0 Å². The van der Waals surface area contributed by atoms with E-state index in [0.29, 0.717) is 23.4 Å². The minimum absolute atomic E-state index is 0. The molecule has 6 N–H and O–H groups in total. The van der Waals surface area contributed by atoms with Crippen molar-refractivity contribution in [2.45, 2.75) is 12.5 Å². The van der Waals surface area contributed by atoms with Crippen molar-refractivity contribution in [2.75, 3.05) is 33.0 Å². The van der Waals surface area contributed by atoms with Crippen LogP contribution in [0.2, 0.25) is 0 Å². The molecular weight excluding hydrogens is 396 g/mol. The number of aromatic nitrogens is 2. The van der Waals surface area contributed by atoms with E-state index in [9.17, 15) is 9.59 Å². The molecule has 0 radical (unpaired) electrons. The Kier molecular flexibility index (Phi) is 7.09. The molecule has 9 nitrogen and oxygen atoms in total. The highest BCUT2D eigenvalue weighted by Gasteiger charge is 2.25. The van der Waals surface area contributed by atoms with Crippen molar-refractivity contribution in [2.24, 2.45) is 5.73 Å². The second-order valence-electron chi connectivity index (χ2n) is 6.34. The molecule has 29 heavy (non-hydrogen) atoms. The van der Waals surface area contributed by atoms with Gasteiger partial charge >= 0.3 is 0 Å². The quantitative estimate of drug-likeness (QED) is 0.526. The lowest BCUT2D eigenvalue weighted by atomic mass is 10.1. The zero-order valence-electron chi connectivity index (χ0n) is 16.1. The molecule has 1 fully saturated rings. The Morgan fingerprint density at radius 3 is 2.69 bits per heavy atom. The molecule has 1 saturated heterocycles. The van der Waals surface area contributed by atoms with Gasteiger partial charge in [-0.25, -0.2) is 4.68 Å². The van der Waals surface area contributed by atoms with E-state index in [0.717, 1.165) is 13.0 Å². The van der Waals surface area contributed by atoms with Gasteiger partial charge in [0.15, 0.2) is 5.69 Å². The van der Waals surface area contributed by atoms with Crippen molar-refractivity contribution in [1.82, 2.24) is 20.4 Å². The number of nitrogens with zero attached hydrogens (tertiary/aromatic N) is 2. The van der Waals surface area contributed by atoms with Crippen LogP contribution in [0.15, 0.2) is 18.2 Å². The monoisotopic (exact) mass is 418 g/mol. The summed E-state index contributed by atoms with van der Waals surface area (Å²) in [5, 5.41) is 10.2. The fraction of sp³-hybridized carbons (Fsp3) is 0.316. The van der Waals surface area contributed by atoms with Crippen LogP contribution in [0, 0.1) is 11.8 Å². The van der Waals surface area contributed by atoms with Crippen molar-refractivity contribution in [3.05, 3.63) is 40.6 Å². The highest BCUT2D eigenvalue weighted by molar-refractivity contribution is 5.99. The van der Waals surface area contributed by atoms with Crippen LogP contribution in [-0.2, 0) is 0 Å². The summed E-state index contributed by atoms with van der Waals surface area (Å²) >= 11 is 0. The summed E-state index contributed by atoms with van der Waals surface area (Å²) in [7, 11) is 3.04. The maximum Gasteiger partial charge on any atom is 0.255 e. The third-order valence-electron chi connectivity index (χ3n) is 4.53. The zero-order chi connectivity index (χ0) is 20.3. The third kappa shape index (κ3) is 4.62. The first kappa shape index (κ1) is 22.1. The van der Waals surface area contributed by atoms with Gasteiger partial charge in [-0.1, -0.05) is 5.92 Å². The van der Waals surface area contributed by atoms with Crippen molar-refractivity contribution in [3.63, 3.8) is 0 Å². The van der Waals surface area contributed by atoms with Crippen LogP contribution in [0.3, 0.4) is 0 Å². The molecule has 2 aromatic rings. The molecule has 3 rings (SSSR count). The number of nitrogens with two attached hydrogens (primary N) is 2. The number of primary amides is 1. The molecule has 0 spiro atoms. The Bertz CT molecular complexity index is 986. The topological polar surface area (TPSA) is 137 Å². The van der Waals surface area contributed by atoms with Crippen LogP contribution in [-0.4, -0.2) is 48.8 Å². The number of amides is 2. The van der Waals surface area contributed by atoms with Gasteiger partial charge in [-0.2, -0.15) is 5.10 Å². The van der Waals surface area contributed by atoms with E-state index in [2.05, 4.69) is 27.6 Å². The van der Waals surface area contributed by atoms with Crippen molar-refractivity contribution < 1.29 is 14.3 Å². The number of nitrogen functional groups attached to an aromatic ring is 1. The maximum absolute atomic E-state index is 11.9. The minimum Gasteiger partial charge on any atom is -0.497 e. The first-order valence-electron chi connectivity index (χ1n) is 8.76. The first-order chi connectivity index (χ1) is 13.4. The average molecular weight is 419 g/mol. The number of carbonyl (C=O) groups excluding carboxylic acids is 2. The summed E-state index contributed by atoms with van der Waals surface area (Å²) in [6.07, 6.45) is 0.850. The van der Waals surface area contributed by atoms with E-state index in [-0.39, 0.29) is 41.4 Å². The number of rotatable bonds is 4. The summed E-state index contributed by atoms with van der Waals surface area (Å²) in [5.41, 5.74) is 12.9. The normalized spacial score (nSPS) is 15.0. The standard InChI is InChI=1S/C19H22N6O3.ClH/c1-22-19(27)12-7-11(8-14(9-12)28-2)3-4-15-16(18(21)26)17(20)25(24-15)13-5-6-23-10-13;/h7-9,13,23H,5-6,10,20H2,1-2H3,(H2,21,26)(H,22,27);1H/t13-;/m0./s1. The summed E-state index contributed by atoms with van der Waals surface area (Å²) in [5.74, 6) is 5.53. The average Bonchev–Trinajstić information content (AvgIpc) is 3.32. The SMILES string of the molecule is CNC(=O)c1cc(C#Cc2nn([C@H]3CCNC3)c(N)c2C(N)=O)cc(OC)c1.Cl. The molecule has 0 saturated carbocycles. The largest absolute Gasteiger partial charge is 0.497 e. The van der Waals surface area contributed by atoms with E-state index in [1.165, 1.54) is 7.11 Å². The minimum atomic E-state index is -0.685. The lowest BCUT2D eigenvalue weighted by Gasteiger charge is -2.10. The highest BCUT2D eigenvalue weighted by Crippen LogP contribution is 2.24. The molecule has 0 unspecified atom stereocenters. The van der Waals surface area contributed by atoms with Crippen molar-refractivity contribution in [1.29, 1.82) is 0 Å². The molecule has 1 aliphatic rings. The van der Waals surface area contributed by atoms with Gasteiger partial charge in [-0.3, -0.25) is 9.59 Å². The Hall–Kier alpha value is -3.22. The third-order valence-corrected chi connectivity index (χ3v) is 4.53. The van der Waals surface area contributed by atoms with Crippen molar-refractivity contribution in [3.8, 4) is 17.6 Å². The second-order valence-corrected chi connectivity index (χ2v) is 6.34. The number of anilines is 1. The summed E-state index contributed by atoms with van der Waals surface area (Å²) in [6.45, 7) is 1.56. The predicted octanol–water partition coefficient (Wildman–Crippen LogP) is 0.288. The maximum atomic E-state index is 11.9. The number of methoxy groups -OCH3 is 1. The van der Waals surface area contributed by atoms with Crippen LogP contribution in [0.5, 0.6) is 5.75 Å². The number of ether oxygens (including phenoxy) is 1. The van der Waals surface area contributed by atoms with E-state index >= 15 is 0 Å². The zero-order valence-corrected chi connectivity index (χ0v) is 16.9. The Morgan fingerprint density at radius 1 is 1.34 bits per heavy atom. The van der Waals surface area contributed by atoms with Gasteiger partial charge in [0.2, 0.25) is 0 Å². The molecule has 2 amide bonds. The predicted molar refractivity (Wildman–Crippen MR) is 111 cm³/mol. The van der Waals surface area contributed by atoms with Crippen LogP contribution in [0.1, 0.15) is 44.4 Å². The van der Waals surface area contributed by atoms with Crippen LogP contribution >= 0.6 is 12.4 Å². The van der Waals surface area contributed by atoms with E-state index in [4.69, 9.17) is 16.2 Å². The molecular formula is C19H23ClN6O3. The summed E-state index contributed by atoms with van der Waals surface area (Å²) in [6, 6.07) is 4.97. The number of halogens is 1. The number of hydrogen-bond acceptors (Lipinski definition) is 6. The van der Waals surface area contributed by atoms with Gasteiger partial charge in [0.25, 0.3) is 11.8 Å². The van der Waals surface area contributed by atoms with Gasteiger partial charge in [0.05, 0.1) is 13.2 Å². The number of nitrogens with one attached hydrogen (secondary N) is 2. The van der Waals surface area contributed by atoms with Crippen LogP contribution in [0.4, 0.5) is 5.82 Å². The fourth-order valence-corrected chi connectivity index (χ4v) is 3.10. The molecule has 1 aliphatic heterocycles. The van der Waals surface area contributed by atoms with Gasteiger partial charge in [-0.05, 0) is 37.1 Å². The highest BCUT2D eigenvalue weighted by atomic mass is 35.5. The molecule has 1 atom stereocenters. The van der Waals surface area contributed by atoms with Gasteiger partial charge < -0.3 is 26.8 Å². The van der Waals surface area contributed by atoms with E-state index in [1.807, 2.05) is 0 Å². The lowest BCUT2D eigenvalue weighted by molar-refractivity contribution is 0.0961. The van der Waals surface area contributed by atoms with E-state index in [1.54, 1.807) is 29.9 Å². The fourth-order valence-electron chi connectivity index (χ4n) is 3.10. The summed E-state index contributed by atoms with van der Waals surface area (Å²) < 4.78 is 6.83. The van der Waals surface area contributed by atoms with Gasteiger partial charge in [-0.15, -0.1) is 12.4 Å². The lowest BCUT2D eigenvalue weighted by Crippen LogP contribution is -2.18.